The summed E-state index contributed by atoms with van der Waals surface area (Å²) in [5.41, 5.74) is 0.665. The van der Waals surface area contributed by atoms with Gasteiger partial charge in [0.25, 0.3) is 0 Å². The van der Waals surface area contributed by atoms with E-state index in [1.54, 1.807) is 0 Å². The Kier molecular flexibility index (Phi) is 4.65. The van der Waals surface area contributed by atoms with E-state index in [1.165, 1.54) is 24.3 Å². The maximum absolute atomic E-state index is 12.1. The molecule has 0 unspecified atom stereocenters. The number of aryl methyl sites for hydroxylation is 2. The molecule has 0 nitrogen and oxygen atoms in total. The first-order valence-corrected chi connectivity index (χ1v) is 5.38. The predicted octanol–water partition coefficient (Wildman–Crippen LogP) is 4.68. The standard InChI is InChI=1S/C12H12F6/c13-11(14,15)7-5-9-3-1-2-4-10(9)6-8-12(16,17)18/h1-4H,5-8H2. The molecule has 0 saturated heterocycles. The Balaban J connectivity index is 2.68. The zero-order chi connectivity index (χ0) is 13.8. The SMILES string of the molecule is FC(F)(F)CCc1ccccc1CCC(F)(F)F. The molecule has 102 valence electrons. The van der Waals surface area contributed by atoms with Crippen molar-refractivity contribution in [2.24, 2.45) is 0 Å². The molecule has 0 radical (unpaired) electrons. The molecule has 0 bridgehead atoms. The van der Waals surface area contributed by atoms with Crippen LogP contribution < -0.4 is 0 Å². The molecule has 1 aromatic rings. The first kappa shape index (κ1) is 14.9. The zero-order valence-electron chi connectivity index (χ0n) is 9.41. The molecule has 0 heterocycles. The lowest BCUT2D eigenvalue weighted by Gasteiger charge is -2.12. The number of hydrogen-bond acceptors (Lipinski definition) is 0. The second kappa shape index (κ2) is 5.63. The van der Waals surface area contributed by atoms with E-state index in [1.807, 2.05) is 0 Å². The molecule has 0 spiro atoms. The van der Waals surface area contributed by atoms with Gasteiger partial charge >= 0.3 is 12.4 Å². The van der Waals surface area contributed by atoms with Crippen molar-refractivity contribution in [1.29, 1.82) is 0 Å². The molecular weight excluding hydrogens is 258 g/mol. The van der Waals surface area contributed by atoms with E-state index in [0.29, 0.717) is 11.1 Å². The van der Waals surface area contributed by atoms with Gasteiger partial charge in [-0.3, -0.25) is 0 Å². The van der Waals surface area contributed by atoms with Crippen LogP contribution in [0.1, 0.15) is 24.0 Å². The first-order valence-electron chi connectivity index (χ1n) is 5.38. The van der Waals surface area contributed by atoms with Gasteiger partial charge in [0.15, 0.2) is 0 Å². The molecule has 0 aliphatic heterocycles. The Hall–Kier alpha value is -1.20. The zero-order valence-corrected chi connectivity index (χ0v) is 9.41. The fraction of sp³-hybridized carbons (Fsp3) is 0.500. The van der Waals surface area contributed by atoms with Crippen molar-refractivity contribution in [3.05, 3.63) is 35.4 Å². The van der Waals surface area contributed by atoms with Crippen molar-refractivity contribution in [3.8, 4) is 0 Å². The molecule has 0 amide bonds. The summed E-state index contributed by atoms with van der Waals surface area (Å²) in [6.45, 7) is 0. The quantitative estimate of drug-likeness (QED) is 0.697. The minimum Gasteiger partial charge on any atom is -0.171 e. The molecule has 0 fully saturated rings. The van der Waals surface area contributed by atoms with E-state index >= 15 is 0 Å². The van der Waals surface area contributed by atoms with Gasteiger partial charge in [-0.15, -0.1) is 0 Å². The summed E-state index contributed by atoms with van der Waals surface area (Å²) in [6.07, 6.45) is -11.2. The Bertz CT molecular complexity index is 340. The smallest absolute Gasteiger partial charge is 0.171 e. The largest absolute Gasteiger partial charge is 0.389 e. The fourth-order valence-corrected chi connectivity index (χ4v) is 1.60. The second-order valence-electron chi connectivity index (χ2n) is 4.00. The van der Waals surface area contributed by atoms with Gasteiger partial charge in [-0.25, -0.2) is 0 Å². The maximum Gasteiger partial charge on any atom is 0.389 e. The number of benzene rings is 1. The van der Waals surface area contributed by atoms with Crippen molar-refractivity contribution in [2.45, 2.75) is 38.0 Å². The van der Waals surface area contributed by atoms with Crippen LogP contribution in [0.25, 0.3) is 0 Å². The highest BCUT2D eigenvalue weighted by atomic mass is 19.4. The van der Waals surface area contributed by atoms with Crippen LogP contribution >= 0.6 is 0 Å². The highest BCUT2D eigenvalue weighted by Gasteiger charge is 2.28. The summed E-state index contributed by atoms with van der Waals surface area (Å²) in [6, 6.07) is 5.94. The molecule has 0 aromatic heterocycles. The summed E-state index contributed by atoms with van der Waals surface area (Å²) in [4.78, 5) is 0. The van der Waals surface area contributed by atoms with E-state index in [0.717, 1.165) is 0 Å². The minimum absolute atomic E-state index is 0.280. The molecule has 1 rings (SSSR count). The van der Waals surface area contributed by atoms with Crippen molar-refractivity contribution in [1.82, 2.24) is 0 Å². The first-order chi connectivity index (χ1) is 8.17. The molecule has 18 heavy (non-hydrogen) atoms. The summed E-state index contributed by atoms with van der Waals surface area (Å²) >= 11 is 0. The topological polar surface area (TPSA) is 0 Å². The Morgan fingerprint density at radius 3 is 1.28 bits per heavy atom. The summed E-state index contributed by atoms with van der Waals surface area (Å²) in [5, 5.41) is 0. The highest BCUT2D eigenvalue weighted by molar-refractivity contribution is 5.27. The van der Waals surface area contributed by atoms with Gasteiger partial charge in [0, 0.05) is 12.8 Å². The van der Waals surface area contributed by atoms with Crippen LogP contribution in [0.5, 0.6) is 0 Å². The van der Waals surface area contributed by atoms with Gasteiger partial charge in [0.05, 0.1) is 0 Å². The van der Waals surface area contributed by atoms with E-state index in [9.17, 15) is 26.3 Å². The van der Waals surface area contributed by atoms with E-state index < -0.39 is 25.2 Å². The lowest BCUT2D eigenvalue weighted by Crippen LogP contribution is -2.11. The summed E-state index contributed by atoms with van der Waals surface area (Å²) < 4.78 is 72.4. The van der Waals surface area contributed by atoms with Crippen LogP contribution in [0, 0.1) is 0 Å². The van der Waals surface area contributed by atoms with Gasteiger partial charge in [0.2, 0.25) is 0 Å². The fourth-order valence-electron chi connectivity index (χ4n) is 1.60. The van der Waals surface area contributed by atoms with Crippen molar-refractivity contribution >= 4 is 0 Å². The van der Waals surface area contributed by atoms with Crippen LogP contribution in [-0.2, 0) is 12.8 Å². The van der Waals surface area contributed by atoms with Gasteiger partial charge in [0.1, 0.15) is 0 Å². The summed E-state index contributed by atoms with van der Waals surface area (Å²) in [7, 11) is 0. The average molecular weight is 270 g/mol. The molecule has 0 N–H and O–H groups in total. The van der Waals surface area contributed by atoms with Crippen LogP contribution in [0.2, 0.25) is 0 Å². The van der Waals surface area contributed by atoms with E-state index in [2.05, 4.69) is 0 Å². The minimum atomic E-state index is -4.29. The van der Waals surface area contributed by atoms with Crippen LogP contribution in [0.4, 0.5) is 26.3 Å². The molecule has 0 saturated carbocycles. The third kappa shape index (κ3) is 5.93. The maximum atomic E-state index is 12.1. The number of alkyl halides is 6. The van der Waals surface area contributed by atoms with Gasteiger partial charge in [-0.2, -0.15) is 26.3 Å². The van der Waals surface area contributed by atoms with Crippen molar-refractivity contribution in [2.75, 3.05) is 0 Å². The van der Waals surface area contributed by atoms with E-state index in [-0.39, 0.29) is 12.8 Å². The van der Waals surface area contributed by atoms with Gasteiger partial charge in [-0.05, 0) is 24.0 Å². The normalized spacial score (nSPS) is 12.8. The van der Waals surface area contributed by atoms with Crippen LogP contribution in [-0.4, -0.2) is 12.4 Å². The van der Waals surface area contributed by atoms with E-state index in [4.69, 9.17) is 0 Å². The Morgan fingerprint density at radius 1 is 0.667 bits per heavy atom. The Labute approximate surface area is 101 Å². The van der Waals surface area contributed by atoms with Crippen LogP contribution in [0.3, 0.4) is 0 Å². The van der Waals surface area contributed by atoms with Crippen molar-refractivity contribution in [3.63, 3.8) is 0 Å². The Morgan fingerprint density at radius 2 is 1.00 bits per heavy atom. The highest BCUT2D eigenvalue weighted by Crippen LogP contribution is 2.26. The molecule has 6 heteroatoms. The number of halogens is 6. The molecule has 1 aromatic carbocycles. The molecule has 0 aliphatic rings. The molecular formula is C12H12F6. The third-order valence-corrected chi connectivity index (χ3v) is 2.47. The summed E-state index contributed by atoms with van der Waals surface area (Å²) in [5.74, 6) is 0. The predicted molar refractivity (Wildman–Crippen MR) is 55.2 cm³/mol. The second-order valence-corrected chi connectivity index (χ2v) is 4.00. The molecule has 0 atom stereocenters. The third-order valence-electron chi connectivity index (χ3n) is 2.47. The molecule has 0 aliphatic carbocycles. The monoisotopic (exact) mass is 270 g/mol. The lowest BCUT2D eigenvalue weighted by atomic mass is 9.99. The van der Waals surface area contributed by atoms with Gasteiger partial charge in [-0.1, -0.05) is 24.3 Å². The lowest BCUT2D eigenvalue weighted by molar-refractivity contribution is -0.135. The average Bonchev–Trinajstić information content (AvgIpc) is 2.22. The van der Waals surface area contributed by atoms with Crippen molar-refractivity contribution < 1.29 is 26.3 Å². The van der Waals surface area contributed by atoms with Crippen LogP contribution in [0.15, 0.2) is 24.3 Å². The number of rotatable bonds is 4. The van der Waals surface area contributed by atoms with Gasteiger partial charge < -0.3 is 0 Å². The number of hydrogen-bond donors (Lipinski definition) is 0.